The fourth-order valence-corrected chi connectivity index (χ4v) is 2.75. The Kier molecular flexibility index (Phi) is 4.62. The van der Waals surface area contributed by atoms with Gasteiger partial charge in [-0.3, -0.25) is 4.79 Å². The highest BCUT2D eigenvalue weighted by Crippen LogP contribution is 2.31. The Morgan fingerprint density at radius 1 is 1.21 bits per heavy atom. The Morgan fingerprint density at radius 2 is 1.89 bits per heavy atom. The summed E-state index contributed by atoms with van der Waals surface area (Å²) in [5.41, 5.74) is 0.803. The lowest BCUT2D eigenvalue weighted by Crippen LogP contribution is -2.21. The molecule has 0 bridgehead atoms. The minimum absolute atomic E-state index is 0.140. The number of carbonyl (C=O) groups excluding carboxylic acids is 1. The van der Waals surface area contributed by atoms with E-state index < -0.39 is 0 Å². The molecule has 2 heteroatoms. The van der Waals surface area contributed by atoms with Crippen LogP contribution in [-0.2, 0) is 0 Å². The van der Waals surface area contributed by atoms with Gasteiger partial charge < -0.3 is 4.74 Å². The third-order valence-corrected chi connectivity index (χ3v) is 3.88. The number of Topliss-reactive ketones (excluding diaryl/α,β-unsaturated/α-hetero) is 1. The summed E-state index contributed by atoms with van der Waals surface area (Å²) < 4.78 is 5.66. The van der Waals surface area contributed by atoms with Crippen molar-refractivity contribution in [3.8, 4) is 5.75 Å². The first kappa shape index (κ1) is 14.1. The monoisotopic (exact) mass is 260 g/mol. The van der Waals surface area contributed by atoms with Crippen LogP contribution in [0.25, 0.3) is 0 Å². The fourth-order valence-electron chi connectivity index (χ4n) is 2.75. The Labute approximate surface area is 116 Å². The largest absolute Gasteiger partial charge is 0.491 e. The molecule has 1 aromatic carbocycles. The van der Waals surface area contributed by atoms with Crippen LogP contribution in [0.2, 0.25) is 0 Å². The molecule has 0 heterocycles. The predicted molar refractivity (Wildman–Crippen MR) is 77.7 cm³/mol. The van der Waals surface area contributed by atoms with Crippen molar-refractivity contribution in [2.45, 2.75) is 52.6 Å². The minimum Gasteiger partial charge on any atom is -0.491 e. The smallest absolute Gasteiger partial charge is 0.166 e. The van der Waals surface area contributed by atoms with E-state index in [-0.39, 0.29) is 12.0 Å². The summed E-state index contributed by atoms with van der Waals surface area (Å²) in [5.74, 6) is 2.08. The quantitative estimate of drug-likeness (QED) is 0.746. The van der Waals surface area contributed by atoms with Crippen molar-refractivity contribution in [3.05, 3.63) is 29.8 Å². The topological polar surface area (TPSA) is 26.3 Å². The van der Waals surface area contributed by atoms with Gasteiger partial charge in [0.25, 0.3) is 0 Å². The lowest BCUT2D eigenvalue weighted by atomic mass is 9.79. The second kappa shape index (κ2) is 6.23. The van der Waals surface area contributed by atoms with Crippen LogP contribution in [0.15, 0.2) is 24.3 Å². The molecule has 0 saturated heterocycles. The summed E-state index contributed by atoms with van der Waals surface area (Å²) in [6, 6.07) is 7.63. The highest BCUT2D eigenvalue weighted by molar-refractivity contribution is 5.98. The van der Waals surface area contributed by atoms with Gasteiger partial charge in [0.15, 0.2) is 5.78 Å². The molecule has 0 N–H and O–H groups in total. The summed E-state index contributed by atoms with van der Waals surface area (Å²) in [6.45, 7) is 6.27. The molecule has 0 unspecified atom stereocenters. The molecule has 2 nitrogen and oxygen atoms in total. The second-order valence-electron chi connectivity index (χ2n) is 6.02. The SMILES string of the molecule is CC1CCC(C(=O)c2cccc(OC(C)C)c2)CC1. The lowest BCUT2D eigenvalue weighted by Gasteiger charge is -2.25. The molecule has 2 rings (SSSR count). The van der Waals surface area contributed by atoms with Crippen LogP contribution in [0.3, 0.4) is 0 Å². The highest BCUT2D eigenvalue weighted by atomic mass is 16.5. The second-order valence-corrected chi connectivity index (χ2v) is 6.02. The van der Waals surface area contributed by atoms with Gasteiger partial charge in [0.05, 0.1) is 6.10 Å². The molecule has 0 spiro atoms. The zero-order chi connectivity index (χ0) is 13.8. The molecule has 19 heavy (non-hydrogen) atoms. The van der Waals surface area contributed by atoms with E-state index in [1.54, 1.807) is 0 Å². The molecule has 0 amide bonds. The summed E-state index contributed by atoms with van der Waals surface area (Å²) in [4.78, 5) is 12.5. The molecule has 104 valence electrons. The number of rotatable bonds is 4. The van der Waals surface area contributed by atoms with Crippen LogP contribution in [0.5, 0.6) is 5.75 Å². The average molecular weight is 260 g/mol. The van der Waals surface area contributed by atoms with E-state index in [0.29, 0.717) is 5.78 Å². The summed E-state index contributed by atoms with van der Waals surface area (Å²) >= 11 is 0. The van der Waals surface area contributed by atoms with Gasteiger partial charge >= 0.3 is 0 Å². The van der Waals surface area contributed by atoms with Crippen molar-refractivity contribution in [1.29, 1.82) is 0 Å². The van der Waals surface area contributed by atoms with Gasteiger partial charge in [-0.25, -0.2) is 0 Å². The van der Waals surface area contributed by atoms with E-state index >= 15 is 0 Å². The number of carbonyl (C=O) groups is 1. The van der Waals surface area contributed by atoms with Crippen LogP contribution in [0.1, 0.15) is 56.8 Å². The fraction of sp³-hybridized carbons (Fsp3) is 0.588. The molecule has 0 radical (unpaired) electrons. The lowest BCUT2D eigenvalue weighted by molar-refractivity contribution is 0.0875. The highest BCUT2D eigenvalue weighted by Gasteiger charge is 2.25. The van der Waals surface area contributed by atoms with Crippen LogP contribution >= 0.6 is 0 Å². The molecule has 1 saturated carbocycles. The molecule has 0 atom stereocenters. The Morgan fingerprint density at radius 3 is 2.53 bits per heavy atom. The first-order chi connectivity index (χ1) is 9.06. The maximum atomic E-state index is 12.5. The standard InChI is InChI=1S/C17H24O2/c1-12(2)19-16-6-4-5-15(11-16)17(18)14-9-7-13(3)8-10-14/h4-6,11-14H,7-10H2,1-3H3. The summed E-state index contributed by atoms with van der Waals surface area (Å²) in [7, 11) is 0. The van der Waals surface area contributed by atoms with E-state index in [1.807, 2.05) is 38.1 Å². The number of hydrogen-bond donors (Lipinski definition) is 0. The normalized spacial score (nSPS) is 23.4. The minimum atomic E-state index is 0.140. The number of ketones is 1. The average Bonchev–Trinajstić information content (AvgIpc) is 2.38. The zero-order valence-electron chi connectivity index (χ0n) is 12.2. The molecule has 1 fully saturated rings. The van der Waals surface area contributed by atoms with Crippen LogP contribution in [0.4, 0.5) is 0 Å². The van der Waals surface area contributed by atoms with Crippen molar-refractivity contribution in [2.75, 3.05) is 0 Å². The molecule has 1 aromatic rings. The molecule has 1 aliphatic carbocycles. The third-order valence-electron chi connectivity index (χ3n) is 3.88. The van der Waals surface area contributed by atoms with Gasteiger partial charge in [-0.05, 0) is 44.7 Å². The third kappa shape index (κ3) is 3.82. The molecular weight excluding hydrogens is 236 g/mol. The van der Waals surface area contributed by atoms with Crippen LogP contribution in [-0.4, -0.2) is 11.9 Å². The maximum Gasteiger partial charge on any atom is 0.166 e. The van der Waals surface area contributed by atoms with E-state index in [2.05, 4.69) is 6.92 Å². The van der Waals surface area contributed by atoms with Crippen molar-refractivity contribution in [3.63, 3.8) is 0 Å². The zero-order valence-corrected chi connectivity index (χ0v) is 12.2. The molecule has 1 aliphatic rings. The van der Waals surface area contributed by atoms with Crippen molar-refractivity contribution in [1.82, 2.24) is 0 Å². The van der Waals surface area contributed by atoms with Gasteiger partial charge in [0.1, 0.15) is 5.75 Å². The molecular formula is C17H24O2. The Bertz CT molecular complexity index is 429. The van der Waals surface area contributed by atoms with Crippen LogP contribution in [0, 0.1) is 11.8 Å². The number of ether oxygens (including phenoxy) is 1. The van der Waals surface area contributed by atoms with E-state index in [9.17, 15) is 4.79 Å². The van der Waals surface area contributed by atoms with Crippen LogP contribution < -0.4 is 4.74 Å². The van der Waals surface area contributed by atoms with Gasteiger partial charge in [0, 0.05) is 11.5 Å². The van der Waals surface area contributed by atoms with E-state index in [1.165, 1.54) is 12.8 Å². The van der Waals surface area contributed by atoms with Gasteiger partial charge in [-0.2, -0.15) is 0 Å². The van der Waals surface area contributed by atoms with Gasteiger partial charge in [0.2, 0.25) is 0 Å². The Hall–Kier alpha value is -1.31. The summed E-state index contributed by atoms with van der Waals surface area (Å²) in [5, 5.41) is 0. The van der Waals surface area contributed by atoms with E-state index in [0.717, 1.165) is 30.1 Å². The molecule has 0 aromatic heterocycles. The van der Waals surface area contributed by atoms with Crippen molar-refractivity contribution < 1.29 is 9.53 Å². The van der Waals surface area contributed by atoms with E-state index in [4.69, 9.17) is 4.74 Å². The van der Waals surface area contributed by atoms with Crippen molar-refractivity contribution >= 4 is 5.78 Å². The summed E-state index contributed by atoms with van der Waals surface area (Å²) in [6.07, 6.45) is 4.57. The molecule has 0 aliphatic heterocycles. The van der Waals surface area contributed by atoms with Crippen molar-refractivity contribution in [2.24, 2.45) is 11.8 Å². The Balaban J connectivity index is 2.06. The first-order valence-electron chi connectivity index (χ1n) is 7.37. The number of hydrogen-bond acceptors (Lipinski definition) is 2. The predicted octanol–water partition coefficient (Wildman–Crippen LogP) is 4.48. The van der Waals surface area contributed by atoms with Gasteiger partial charge in [-0.15, -0.1) is 0 Å². The number of benzene rings is 1. The first-order valence-corrected chi connectivity index (χ1v) is 7.37. The van der Waals surface area contributed by atoms with Gasteiger partial charge in [-0.1, -0.05) is 31.9 Å². The maximum absolute atomic E-state index is 12.5.